The second kappa shape index (κ2) is 3.74. The van der Waals surface area contributed by atoms with Gasteiger partial charge in [-0.1, -0.05) is 0 Å². The molecule has 86 valence electrons. The lowest BCUT2D eigenvalue weighted by Crippen LogP contribution is -2.26. The molecule has 2 heterocycles. The lowest BCUT2D eigenvalue weighted by atomic mass is 10.0. The van der Waals surface area contributed by atoms with Crippen LogP contribution in [0.4, 0.5) is 10.1 Å². The van der Waals surface area contributed by atoms with Crippen LogP contribution in [0, 0.1) is 17.7 Å². The van der Waals surface area contributed by atoms with Crippen LogP contribution < -0.4 is 4.90 Å². The summed E-state index contributed by atoms with van der Waals surface area (Å²) >= 11 is 0. The largest absolute Gasteiger partial charge is 0.371 e. The molecular weight excluding hydrogens is 203 g/mol. The van der Waals surface area contributed by atoms with Crippen molar-refractivity contribution in [2.24, 2.45) is 11.8 Å². The Labute approximate surface area is 95.7 Å². The summed E-state index contributed by atoms with van der Waals surface area (Å²) in [5, 5.41) is 0. The summed E-state index contributed by atoms with van der Waals surface area (Å²) in [7, 11) is 2.19. The van der Waals surface area contributed by atoms with Gasteiger partial charge in [0, 0.05) is 31.9 Å². The number of likely N-dealkylation sites (tertiary alicyclic amines) is 1. The number of rotatable bonds is 1. The molecule has 3 heteroatoms. The minimum Gasteiger partial charge on any atom is -0.371 e. The molecule has 0 radical (unpaired) electrons. The molecule has 0 aromatic heterocycles. The normalized spacial score (nSPS) is 29.8. The first-order valence-electron chi connectivity index (χ1n) is 5.91. The number of hydrogen-bond donors (Lipinski definition) is 0. The number of halogens is 1. The van der Waals surface area contributed by atoms with Crippen molar-refractivity contribution < 1.29 is 4.39 Å². The number of nitrogens with zero attached hydrogens (tertiary/aromatic N) is 2. The topological polar surface area (TPSA) is 6.48 Å². The molecule has 1 aromatic rings. The van der Waals surface area contributed by atoms with Gasteiger partial charge in [-0.15, -0.1) is 0 Å². The van der Waals surface area contributed by atoms with Crippen LogP contribution in [0.1, 0.15) is 0 Å². The molecule has 0 bridgehead atoms. The van der Waals surface area contributed by atoms with Gasteiger partial charge in [-0.05, 0) is 43.1 Å². The number of benzene rings is 1. The van der Waals surface area contributed by atoms with E-state index in [4.69, 9.17) is 0 Å². The van der Waals surface area contributed by atoms with Gasteiger partial charge in [0.1, 0.15) is 5.82 Å². The summed E-state index contributed by atoms with van der Waals surface area (Å²) in [6, 6.07) is 6.88. The first-order chi connectivity index (χ1) is 7.72. The van der Waals surface area contributed by atoms with Crippen molar-refractivity contribution >= 4 is 5.69 Å². The van der Waals surface area contributed by atoms with Gasteiger partial charge < -0.3 is 9.80 Å². The van der Waals surface area contributed by atoms with E-state index in [-0.39, 0.29) is 5.82 Å². The zero-order valence-corrected chi connectivity index (χ0v) is 9.56. The molecule has 0 amide bonds. The Morgan fingerprint density at radius 2 is 1.56 bits per heavy atom. The Hall–Kier alpha value is -1.09. The van der Waals surface area contributed by atoms with Gasteiger partial charge in [0.05, 0.1) is 0 Å². The minimum atomic E-state index is -0.150. The predicted octanol–water partition coefficient (Wildman–Crippen LogP) is 1.82. The molecule has 2 atom stereocenters. The molecule has 0 unspecified atom stereocenters. The zero-order valence-electron chi connectivity index (χ0n) is 9.56. The van der Waals surface area contributed by atoms with Gasteiger partial charge in [-0.25, -0.2) is 4.39 Å². The first kappa shape index (κ1) is 10.1. The van der Waals surface area contributed by atoms with Crippen LogP contribution in [0.3, 0.4) is 0 Å². The van der Waals surface area contributed by atoms with E-state index in [9.17, 15) is 4.39 Å². The molecule has 16 heavy (non-hydrogen) atoms. The quantitative estimate of drug-likeness (QED) is 0.712. The molecule has 2 nitrogen and oxygen atoms in total. The number of fused-ring (bicyclic) bond motifs is 1. The van der Waals surface area contributed by atoms with Gasteiger partial charge >= 0.3 is 0 Å². The fourth-order valence-electron chi connectivity index (χ4n) is 3.09. The van der Waals surface area contributed by atoms with Crippen molar-refractivity contribution in [1.29, 1.82) is 0 Å². The monoisotopic (exact) mass is 220 g/mol. The maximum Gasteiger partial charge on any atom is 0.123 e. The van der Waals surface area contributed by atoms with Crippen molar-refractivity contribution in [2.75, 3.05) is 38.1 Å². The highest BCUT2D eigenvalue weighted by Gasteiger charge is 2.38. The van der Waals surface area contributed by atoms with E-state index in [0.29, 0.717) is 0 Å². The Kier molecular flexibility index (Phi) is 2.36. The third kappa shape index (κ3) is 1.69. The van der Waals surface area contributed by atoms with Crippen molar-refractivity contribution in [3.8, 4) is 0 Å². The molecule has 0 N–H and O–H groups in total. The summed E-state index contributed by atoms with van der Waals surface area (Å²) in [5.74, 6) is 1.45. The highest BCUT2D eigenvalue weighted by atomic mass is 19.1. The molecule has 0 spiro atoms. The predicted molar refractivity (Wildman–Crippen MR) is 63.1 cm³/mol. The number of anilines is 1. The van der Waals surface area contributed by atoms with Gasteiger partial charge in [0.2, 0.25) is 0 Å². The highest BCUT2D eigenvalue weighted by molar-refractivity contribution is 5.47. The van der Waals surface area contributed by atoms with Crippen molar-refractivity contribution in [2.45, 2.75) is 0 Å². The lowest BCUT2D eigenvalue weighted by molar-refractivity contribution is 0.387. The van der Waals surface area contributed by atoms with Crippen molar-refractivity contribution in [1.82, 2.24) is 4.90 Å². The maximum atomic E-state index is 12.8. The third-order valence-electron chi connectivity index (χ3n) is 3.86. The molecule has 2 fully saturated rings. The van der Waals surface area contributed by atoms with Crippen LogP contribution in [0.2, 0.25) is 0 Å². The maximum absolute atomic E-state index is 12.8. The zero-order chi connectivity index (χ0) is 11.1. The van der Waals surface area contributed by atoms with Gasteiger partial charge in [0.25, 0.3) is 0 Å². The van der Waals surface area contributed by atoms with Crippen LogP contribution in [-0.4, -0.2) is 38.1 Å². The standard InChI is InChI=1S/C13H17FN2/c1-15-6-10-8-16(9-11(10)7-15)13-4-2-12(14)3-5-13/h2-5,10-11H,6-9H2,1H3/t10-,11+. The third-order valence-corrected chi connectivity index (χ3v) is 3.86. The molecule has 2 aliphatic heterocycles. The Bertz CT molecular complexity index is 362. The average molecular weight is 220 g/mol. The summed E-state index contributed by atoms with van der Waals surface area (Å²) < 4.78 is 12.8. The second-order valence-corrected chi connectivity index (χ2v) is 5.12. The van der Waals surface area contributed by atoms with E-state index in [0.717, 1.165) is 24.9 Å². The second-order valence-electron chi connectivity index (χ2n) is 5.12. The minimum absolute atomic E-state index is 0.150. The molecule has 1 aromatic carbocycles. The summed E-state index contributed by atoms with van der Waals surface area (Å²) in [4.78, 5) is 4.80. The summed E-state index contributed by atoms with van der Waals surface area (Å²) in [6.07, 6.45) is 0. The lowest BCUT2D eigenvalue weighted by Gasteiger charge is -2.21. The van der Waals surface area contributed by atoms with Crippen LogP contribution >= 0.6 is 0 Å². The first-order valence-corrected chi connectivity index (χ1v) is 5.91. The van der Waals surface area contributed by atoms with Gasteiger partial charge in [-0.2, -0.15) is 0 Å². The van der Waals surface area contributed by atoms with Crippen LogP contribution in [0.5, 0.6) is 0 Å². The molecular formula is C13H17FN2. The van der Waals surface area contributed by atoms with E-state index in [2.05, 4.69) is 16.8 Å². The van der Waals surface area contributed by atoms with Gasteiger partial charge in [-0.3, -0.25) is 0 Å². The molecule has 2 aliphatic rings. The Morgan fingerprint density at radius 1 is 1.00 bits per heavy atom. The summed E-state index contributed by atoms with van der Waals surface area (Å²) in [5.41, 5.74) is 1.17. The van der Waals surface area contributed by atoms with Gasteiger partial charge in [0.15, 0.2) is 0 Å². The molecule has 0 saturated carbocycles. The van der Waals surface area contributed by atoms with E-state index in [1.807, 2.05) is 12.1 Å². The fourth-order valence-corrected chi connectivity index (χ4v) is 3.09. The SMILES string of the molecule is CN1C[C@@H]2CN(c3ccc(F)cc3)C[C@@H]2C1. The van der Waals surface area contributed by atoms with E-state index < -0.39 is 0 Å². The number of hydrogen-bond acceptors (Lipinski definition) is 2. The van der Waals surface area contributed by atoms with Crippen LogP contribution in [0.15, 0.2) is 24.3 Å². The Balaban J connectivity index is 1.73. The van der Waals surface area contributed by atoms with Crippen LogP contribution in [0.25, 0.3) is 0 Å². The van der Waals surface area contributed by atoms with E-state index in [1.54, 1.807) is 12.1 Å². The molecule has 2 saturated heterocycles. The van der Waals surface area contributed by atoms with E-state index >= 15 is 0 Å². The fraction of sp³-hybridized carbons (Fsp3) is 0.538. The molecule has 3 rings (SSSR count). The molecule has 0 aliphatic carbocycles. The van der Waals surface area contributed by atoms with Crippen molar-refractivity contribution in [3.05, 3.63) is 30.1 Å². The smallest absolute Gasteiger partial charge is 0.123 e. The highest BCUT2D eigenvalue weighted by Crippen LogP contribution is 2.33. The Morgan fingerprint density at radius 3 is 2.12 bits per heavy atom. The van der Waals surface area contributed by atoms with Crippen LogP contribution in [-0.2, 0) is 0 Å². The van der Waals surface area contributed by atoms with Crippen molar-refractivity contribution in [3.63, 3.8) is 0 Å². The average Bonchev–Trinajstić information content (AvgIpc) is 2.75. The van der Waals surface area contributed by atoms with E-state index in [1.165, 1.54) is 18.8 Å². The summed E-state index contributed by atoms with van der Waals surface area (Å²) in [6.45, 7) is 4.67.